The van der Waals surface area contributed by atoms with Crippen LogP contribution in [0.1, 0.15) is 11.1 Å². The molecule has 0 aliphatic carbocycles. The Balaban J connectivity index is 2.02. The minimum atomic E-state index is -0.163. The zero-order valence-corrected chi connectivity index (χ0v) is 11.2. The molecule has 0 fully saturated rings. The maximum atomic E-state index is 13.0. The fourth-order valence-electron chi connectivity index (χ4n) is 1.40. The molecule has 0 amide bonds. The van der Waals surface area contributed by atoms with Crippen molar-refractivity contribution in [1.82, 2.24) is 0 Å². The first kappa shape index (κ1) is 11.6. The molecule has 1 heterocycles. The fraction of sp³-hybridized carbons (Fsp3) is 0.167. The molecule has 0 saturated carbocycles. The first-order valence-corrected chi connectivity index (χ1v) is 6.55. The summed E-state index contributed by atoms with van der Waals surface area (Å²) < 4.78 is 14.2. The van der Waals surface area contributed by atoms with E-state index < -0.39 is 0 Å². The van der Waals surface area contributed by atoms with Gasteiger partial charge < -0.3 is 5.32 Å². The monoisotopic (exact) mass is 299 g/mol. The van der Waals surface area contributed by atoms with Gasteiger partial charge >= 0.3 is 0 Å². The van der Waals surface area contributed by atoms with E-state index in [-0.39, 0.29) is 5.82 Å². The van der Waals surface area contributed by atoms with Crippen molar-refractivity contribution in [2.75, 3.05) is 5.32 Å². The van der Waals surface area contributed by atoms with Crippen LogP contribution in [0.15, 0.2) is 33.4 Å². The Kier molecular flexibility index (Phi) is 3.61. The molecule has 84 valence electrons. The van der Waals surface area contributed by atoms with Gasteiger partial charge in [-0.1, -0.05) is 0 Å². The molecule has 1 aromatic carbocycles. The van der Waals surface area contributed by atoms with Gasteiger partial charge in [-0.25, -0.2) is 4.39 Å². The Morgan fingerprint density at radius 2 is 2.19 bits per heavy atom. The lowest BCUT2D eigenvalue weighted by atomic mass is 10.2. The van der Waals surface area contributed by atoms with Crippen molar-refractivity contribution in [2.45, 2.75) is 13.5 Å². The SMILES string of the molecule is Cc1cc(NCc2csc(Br)c2)ccc1F. The topological polar surface area (TPSA) is 12.0 Å². The van der Waals surface area contributed by atoms with Crippen molar-refractivity contribution in [1.29, 1.82) is 0 Å². The molecule has 4 heteroatoms. The number of aryl methyl sites for hydroxylation is 1. The Morgan fingerprint density at radius 1 is 1.38 bits per heavy atom. The fourth-order valence-corrected chi connectivity index (χ4v) is 2.61. The molecular weight excluding hydrogens is 289 g/mol. The van der Waals surface area contributed by atoms with E-state index in [0.717, 1.165) is 16.0 Å². The Hall–Kier alpha value is -0.870. The van der Waals surface area contributed by atoms with Crippen molar-refractivity contribution >= 4 is 33.0 Å². The van der Waals surface area contributed by atoms with Crippen molar-refractivity contribution < 1.29 is 4.39 Å². The number of halogens is 2. The molecule has 0 unspecified atom stereocenters. The van der Waals surface area contributed by atoms with E-state index in [1.54, 1.807) is 24.3 Å². The third kappa shape index (κ3) is 2.83. The highest BCUT2D eigenvalue weighted by molar-refractivity contribution is 9.11. The van der Waals surface area contributed by atoms with Crippen LogP contribution < -0.4 is 5.32 Å². The number of rotatable bonds is 3. The molecule has 1 aromatic heterocycles. The van der Waals surface area contributed by atoms with Crippen molar-refractivity contribution in [3.05, 3.63) is 50.4 Å². The van der Waals surface area contributed by atoms with Crippen LogP contribution in [0.3, 0.4) is 0 Å². The minimum Gasteiger partial charge on any atom is -0.381 e. The first-order chi connectivity index (χ1) is 7.65. The molecule has 2 rings (SSSR count). The highest BCUT2D eigenvalue weighted by Gasteiger charge is 2.00. The third-order valence-electron chi connectivity index (χ3n) is 2.28. The molecule has 16 heavy (non-hydrogen) atoms. The molecule has 1 nitrogen and oxygen atoms in total. The van der Waals surface area contributed by atoms with E-state index >= 15 is 0 Å². The van der Waals surface area contributed by atoms with Crippen molar-refractivity contribution in [3.8, 4) is 0 Å². The van der Waals surface area contributed by atoms with E-state index in [9.17, 15) is 4.39 Å². The third-order valence-corrected chi connectivity index (χ3v) is 3.83. The van der Waals surface area contributed by atoms with Crippen molar-refractivity contribution in [2.24, 2.45) is 0 Å². The van der Waals surface area contributed by atoms with Gasteiger partial charge in [0.2, 0.25) is 0 Å². The molecule has 0 saturated heterocycles. The van der Waals surface area contributed by atoms with Crippen LogP contribution in [0.25, 0.3) is 0 Å². The van der Waals surface area contributed by atoms with Crippen LogP contribution in [0.2, 0.25) is 0 Å². The number of benzene rings is 1. The summed E-state index contributed by atoms with van der Waals surface area (Å²) in [5, 5.41) is 5.35. The Morgan fingerprint density at radius 3 is 2.81 bits per heavy atom. The van der Waals surface area contributed by atoms with Crippen molar-refractivity contribution in [3.63, 3.8) is 0 Å². The number of anilines is 1. The first-order valence-electron chi connectivity index (χ1n) is 4.88. The predicted octanol–water partition coefficient (Wildman–Crippen LogP) is 4.57. The molecular formula is C12H11BrFNS. The number of thiophene rings is 1. The molecule has 0 atom stereocenters. The van der Waals surface area contributed by atoms with E-state index in [0.29, 0.717) is 5.56 Å². The molecule has 0 bridgehead atoms. The molecule has 2 aromatic rings. The minimum absolute atomic E-state index is 0.163. The number of hydrogen-bond acceptors (Lipinski definition) is 2. The van der Waals surface area contributed by atoms with Crippen LogP contribution >= 0.6 is 27.3 Å². The summed E-state index contributed by atoms with van der Waals surface area (Å²) in [4.78, 5) is 0. The second-order valence-corrected chi connectivity index (χ2v) is 5.87. The van der Waals surface area contributed by atoms with Gasteiger partial charge in [0.1, 0.15) is 5.82 Å². The van der Waals surface area contributed by atoms with Crippen LogP contribution in [-0.2, 0) is 6.54 Å². The van der Waals surface area contributed by atoms with Gasteiger partial charge in [-0.2, -0.15) is 0 Å². The quantitative estimate of drug-likeness (QED) is 0.875. The zero-order chi connectivity index (χ0) is 11.5. The number of hydrogen-bond donors (Lipinski definition) is 1. The molecule has 0 spiro atoms. The van der Waals surface area contributed by atoms with Crippen LogP contribution in [-0.4, -0.2) is 0 Å². The normalized spacial score (nSPS) is 10.4. The standard InChI is InChI=1S/C12H11BrFNS/c1-8-4-10(2-3-11(8)14)15-6-9-5-12(13)16-7-9/h2-5,7,15H,6H2,1H3. The summed E-state index contributed by atoms with van der Waals surface area (Å²) in [5.74, 6) is -0.163. The summed E-state index contributed by atoms with van der Waals surface area (Å²) in [5.41, 5.74) is 2.83. The molecule has 0 aliphatic heterocycles. The lowest BCUT2D eigenvalue weighted by Gasteiger charge is -2.06. The maximum absolute atomic E-state index is 13.0. The van der Waals surface area contributed by atoms with E-state index in [2.05, 4.69) is 32.7 Å². The molecule has 0 aliphatic rings. The van der Waals surface area contributed by atoms with E-state index in [4.69, 9.17) is 0 Å². The smallest absolute Gasteiger partial charge is 0.126 e. The lowest BCUT2D eigenvalue weighted by molar-refractivity contribution is 0.618. The van der Waals surface area contributed by atoms with Crippen LogP contribution in [0, 0.1) is 12.7 Å². The van der Waals surface area contributed by atoms with Gasteiger partial charge in [0.25, 0.3) is 0 Å². The summed E-state index contributed by atoms with van der Waals surface area (Å²) in [7, 11) is 0. The van der Waals surface area contributed by atoms with Gasteiger partial charge in [0.05, 0.1) is 3.79 Å². The highest BCUT2D eigenvalue weighted by atomic mass is 79.9. The summed E-state index contributed by atoms with van der Waals surface area (Å²) >= 11 is 5.08. The average molecular weight is 300 g/mol. The predicted molar refractivity (Wildman–Crippen MR) is 70.5 cm³/mol. The molecule has 1 N–H and O–H groups in total. The highest BCUT2D eigenvalue weighted by Crippen LogP contribution is 2.22. The lowest BCUT2D eigenvalue weighted by Crippen LogP contribution is -1.98. The van der Waals surface area contributed by atoms with Gasteiger partial charge in [-0.3, -0.25) is 0 Å². The van der Waals surface area contributed by atoms with Gasteiger partial charge in [-0.15, -0.1) is 11.3 Å². The Bertz CT molecular complexity index is 496. The Labute approximate surface area is 106 Å². The second-order valence-electron chi connectivity index (χ2n) is 3.58. The van der Waals surface area contributed by atoms with Crippen LogP contribution in [0.4, 0.5) is 10.1 Å². The largest absolute Gasteiger partial charge is 0.381 e. The maximum Gasteiger partial charge on any atom is 0.126 e. The van der Waals surface area contributed by atoms with E-state index in [1.807, 2.05) is 6.07 Å². The summed E-state index contributed by atoms with van der Waals surface area (Å²) in [6.45, 7) is 2.52. The summed E-state index contributed by atoms with van der Waals surface area (Å²) in [6.07, 6.45) is 0. The average Bonchev–Trinajstić information content (AvgIpc) is 2.66. The van der Waals surface area contributed by atoms with Crippen LogP contribution in [0.5, 0.6) is 0 Å². The summed E-state index contributed by atoms with van der Waals surface area (Å²) in [6, 6.07) is 7.13. The van der Waals surface area contributed by atoms with Gasteiger partial charge in [0, 0.05) is 12.2 Å². The zero-order valence-electron chi connectivity index (χ0n) is 8.76. The number of nitrogens with one attached hydrogen (secondary N) is 1. The van der Waals surface area contributed by atoms with Gasteiger partial charge in [0.15, 0.2) is 0 Å². The second kappa shape index (κ2) is 4.97. The van der Waals surface area contributed by atoms with E-state index in [1.165, 1.54) is 11.6 Å². The van der Waals surface area contributed by atoms with Gasteiger partial charge in [-0.05, 0) is 63.6 Å². The molecule has 0 radical (unpaired) electrons.